The number of rotatable bonds is 1. The molecule has 3 rings (SSSR count). The molecule has 1 aliphatic carbocycles. The van der Waals surface area contributed by atoms with Gasteiger partial charge >= 0.3 is 0 Å². The molecule has 1 aliphatic rings. The number of anilines is 1. The van der Waals surface area contributed by atoms with E-state index >= 15 is 0 Å². The average Bonchev–Trinajstić information content (AvgIpc) is 2.50. The maximum Gasteiger partial charge on any atom is 0.264 e. The molecule has 108 valence electrons. The molecule has 1 fully saturated rings. The molecule has 6 heteroatoms. The van der Waals surface area contributed by atoms with E-state index in [2.05, 4.69) is 4.98 Å². The van der Waals surface area contributed by atoms with Crippen LogP contribution in [0.1, 0.15) is 36.6 Å². The van der Waals surface area contributed by atoms with Crippen molar-refractivity contribution in [2.24, 2.45) is 0 Å². The zero-order valence-electron chi connectivity index (χ0n) is 15.3. The second-order valence-electron chi connectivity index (χ2n) is 4.79. The third kappa shape index (κ3) is 2.12. The van der Waals surface area contributed by atoms with Crippen molar-refractivity contribution in [1.82, 2.24) is 9.55 Å². The molecule has 0 amide bonds. The molecule has 0 bridgehead atoms. The van der Waals surface area contributed by atoms with Crippen LogP contribution in [-0.4, -0.2) is 21.1 Å². The Hall–Kier alpha value is -2.50. The number of benzene rings is 1. The van der Waals surface area contributed by atoms with E-state index in [1.54, 1.807) is 0 Å². The van der Waals surface area contributed by atoms with E-state index in [-0.39, 0.29) is 34.5 Å². The first-order valence-electron chi connectivity index (χ1n) is 8.43. The number of carbonyl (C=O) groups is 2. The summed E-state index contributed by atoms with van der Waals surface area (Å²) >= 11 is 0. The molecule has 0 radical (unpaired) electrons. The zero-order chi connectivity index (χ0) is 18.7. The summed E-state index contributed by atoms with van der Waals surface area (Å²) in [5, 5.41) is -0.207. The van der Waals surface area contributed by atoms with Crippen LogP contribution in [0.3, 0.4) is 0 Å². The van der Waals surface area contributed by atoms with Gasteiger partial charge in [-0.15, -0.1) is 0 Å². The van der Waals surface area contributed by atoms with Gasteiger partial charge in [0, 0.05) is 13.5 Å². The number of hydrogen-bond donors (Lipinski definition) is 1. The number of nitrogens with two attached hydrogens (primary N) is 1. The number of carbonyl (C=O) groups excluding carboxylic acids is 2. The number of nitrogens with zero attached hydrogens (tertiary/aromatic N) is 2. The van der Waals surface area contributed by atoms with Gasteiger partial charge in [0.25, 0.3) is 5.56 Å². The zero-order valence-corrected chi connectivity index (χ0v) is 11.3. The van der Waals surface area contributed by atoms with Gasteiger partial charge in [0.05, 0.1) is 27.5 Å². The predicted octanol–water partition coefficient (Wildman–Crippen LogP) is 1.15. The van der Waals surface area contributed by atoms with Crippen molar-refractivity contribution in [3.8, 4) is 0 Å². The lowest BCUT2D eigenvalue weighted by molar-refractivity contribution is -0.132. The van der Waals surface area contributed by atoms with Crippen molar-refractivity contribution in [1.29, 1.82) is 0 Å². The highest BCUT2D eigenvalue weighted by atomic mass is 16.2. The quantitative estimate of drug-likeness (QED) is 0.627. The lowest BCUT2D eigenvalue weighted by Crippen LogP contribution is -2.36. The number of fused-ring (bicyclic) bond motifs is 1. The van der Waals surface area contributed by atoms with E-state index in [1.165, 1.54) is 6.92 Å². The highest BCUT2D eigenvalue weighted by Gasteiger charge is 2.30. The average molecular weight is 289 g/mol. The van der Waals surface area contributed by atoms with E-state index in [9.17, 15) is 14.4 Å². The predicted molar refractivity (Wildman–Crippen MR) is 78.1 cm³/mol. The summed E-state index contributed by atoms with van der Waals surface area (Å²) in [4.78, 5) is 41.0. The molecule has 2 unspecified atom stereocenters. The lowest BCUT2D eigenvalue weighted by Gasteiger charge is -2.24. The first-order valence-corrected chi connectivity index (χ1v) is 6.35. The fourth-order valence-corrected chi connectivity index (χ4v) is 2.42. The molecule has 1 saturated carbocycles. The van der Waals surface area contributed by atoms with Crippen molar-refractivity contribution in [3.63, 3.8) is 0 Å². The summed E-state index contributed by atoms with van der Waals surface area (Å²) < 4.78 is 32.7. The lowest BCUT2D eigenvalue weighted by atomic mass is 9.92. The highest BCUT2D eigenvalue weighted by Crippen LogP contribution is 2.24. The van der Waals surface area contributed by atoms with Crippen LogP contribution >= 0.6 is 0 Å². The van der Waals surface area contributed by atoms with E-state index in [4.69, 9.17) is 11.2 Å². The first kappa shape index (κ1) is 9.44. The Morgan fingerprint density at radius 3 is 3.00 bits per heavy atom. The molecule has 2 aromatic rings. The number of hydrogen-bond acceptors (Lipinski definition) is 5. The topological polar surface area (TPSA) is 95.0 Å². The Kier molecular flexibility index (Phi) is 2.16. The van der Waals surface area contributed by atoms with Gasteiger partial charge in [0.2, 0.25) is 0 Å². The molecule has 21 heavy (non-hydrogen) atoms. The van der Waals surface area contributed by atoms with E-state index < -0.39 is 42.4 Å². The van der Waals surface area contributed by atoms with E-state index in [0.717, 1.165) is 10.6 Å². The van der Waals surface area contributed by atoms with Gasteiger partial charge in [-0.2, -0.15) is 0 Å². The third-order valence-electron chi connectivity index (χ3n) is 3.41. The van der Waals surface area contributed by atoms with E-state index in [0.29, 0.717) is 0 Å². The van der Waals surface area contributed by atoms with Gasteiger partial charge in [-0.3, -0.25) is 19.0 Å². The number of ketones is 2. The maximum atomic E-state index is 13.0. The number of aryl methyl sites for hydroxylation is 1. The van der Waals surface area contributed by atoms with Gasteiger partial charge in [-0.25, -0.2) is 4.98 Å². The van der Waals surface area contributed by atoms with Crippen LogP contribution in [-0.2, 0) is 9.59 Å². The molecule has 2 atom stereocenters. The molecule has 0 spiro atoms. The summed E-state index contributed by atoms with van der Waals surface area (Å²) in [6.45, 7) is 1.41. The largest absolute Gasteiger partial charge is 0.398 e. The summed E-state index contributed by atoms with van der Waals surface area (Å²) in [5.41, 5.74) is 4.77. The van der Waals surface area contributed by atoms with Crippen LogP contribution in [0.5, 0.6) is 0 Å². The van der Waals surface area contributed by atoms with Crippen molar-refractivity contribution >= 4 is 28.2 Å². The number of Topliss-reactive ketones (excluding diaryl/α,β-unsaturated/α-hetero) is 2. The van der Waals surface area contributed by atoms with Crippen molar-refractivity contribution in [2.45, 2.75) is 32.2 Å². The molecular weight excluding hydrogens is 270 g/mol. The summed E-state index contributed by atoms with van der Waals surface area (Å²) in [6, 6.07) is -1.37. The van der Waals surface area contributed by atoms with Gasteiger partial charge < -0.3 is 5.73 Å². The Bertz CT molecular complexity index is 1000. The van der Waals surface area contributed by atoms with Gasteiger partial charge in [0.15, 0.2) is 5.78 Å². The third-order valence-corrected chi connectivity index (χ3v) is 3.41. The molecule has 1 aromatic carbocycles. The standard InChI is InChI=1S/C15H15N3O3/c1-8-17-11-4-2-3-10(16)14(11)15(21)18(8)12-6-5-9(19)7-13(12)20/h2-4,12H,5-7,16H2,1H3/i3D,4D,5D,12D. The van der Waals surface area contributed by atoms with Crippen LogP contribution in [0.25, 0.3) is 10.9 Å². The van der Waals surface area contributed by atoms with Crippen LogP contribution < -0.4 is 11.3 Å². The minimum absolute atomic E-state index is 0.00743. The minimum atomic E-state index is -2.14. The summed E-state index contributed by atoms with van der Waals surface area (Å²) in [5.74, 6) is -1.37. The summed E-state index contributed by atoms with van der Waals surface area (Å²) in [6.07, 6.45) is -2.35. The van der Waals surface area contributed by atoms with Gasteiger partial charge in [-0.1, -0.05) is 6.07 Å². The Labute approximate surface area is 126 Å². The van der Waals surface area contributed by atoms with Crippen molar-refractivity contribution in [2.75, 3.05) is 5.73 Å². The Balaban J connectivity index is 2.38. The number of aromatic nitrogens is 2. The second kappa shape index (κ2) is 4.80. The molecule has 0 saturated heterocycles. The molecule has 2 N–H and O–H groups in total. The maximum absolute atomic E-state index is 13.0. The first-order chi connectivity index (χ1) is 11.6. The van der Waals surface area contributed by atoms with Crippen molar-refractivity contribution < 1.29 is 15.1 Å². The van der Waals surface area contributed by atoms with Gasteiger partial charge in [-0.05, 0) is 25.4 Å². The molecule has 0 aliphatic heterocycles. The SMILES string of the molecule is [2H]c1cc([2H])c2nc(C)n(C3([2H])CC([2H])C(=O)CC3=O)c(=O)c2c1N. The van der Waals surface area contributed by atoms with Gasteiger partial charge in [0.1, 0.15) is 11.6 Å². The molecule has 6 nitrogen and oxygen atoms in total. The fraction of sp³-hybridized carbons (Fsp3) is 0.333. The van der Waals surface area contributed by atoms with Crippen molar-refractivity contribution in [3.05, 3.63) is 34.3 Å². The molecular formula is C15H15N3O3. The molecule has 1 aromatic heterocycles. The smallest absolute Gasteiger partial charge is 0.264 e. The minimum Gasteiger partial charge on any atom is -0.398 e. The normalized spacial score (nSPS) is 28.9. The monoisotopic (exact) mass is 289 g/mol. The van der Waals surface area contributed by atoms with Crippen LogP contribution in [0.4, 0.5) is 5.69 Å². The Morgan fingerprint density at radius 2 is 2.24 bits per heavy atom. The molecule has 1 heterocycles. The van der Waals surface area contributed by atoms with Crippen LogP contribution in [0.15, 0.2) is 22.9 Å². The second-order valence-corrected chi connectivity index (χ2v) is 4.79. The van der Waals surface area contributed by atoms with Crippen LogP contribution in [0, 0.1) is 6.92 Å². The summed E-state index contributed by atoms with van der Waals surface area (Å²) in [7, 11) is 0. The van der Waals surface area contributed by atoms with Crippen LogP contribution in [0.2, 0.25) is 0 Å². The number of nitrogen functional groups attached to an aromatic ring is 1. The van der Waals surface area contributed by atoms with E-state index in [1.807, 2.05) is 0 Å². The Morgan fingerprint density at radius 1 is 1.48 bits per heavy atom. The highest BCUT2D eigenvalue weighted by molar-refractivity contribution is 6.03. The fourth-order valence-electron chi connectivity index (χ4n) is 2.42.